The average Bonchev–Trinajstić information content (AvgIpc) is 3.01. The van der Waals surface area contributed by atoms with Crippen LogP contribution in [0, 0.1) is 0 Å². The molecule has 2 heterocycles. The van der Waals surface area contributed by atoms with Gasteiger partial charge in [-0.25, -0.2) is 0 Å². The minimum Gasteiger partial charge on any atom is -0.380 e. The van der Waals surface area contributed by atoms with Crippen LogP contribution in [0.15, 0.2) is 41.8 Å². The summed E-state index contributed by atoms with van der Waals surface area (Å²) in [7, 11) is 0. The molecule has 2 nitrogen and oxygen atoms in total. The van der Waals surface area contributed by atoms with Crippen LogP contribution in [-0.2, 0) is 0 Å². The van der Waals surface area contributed by atoms with Crippen molar-refractivity contribution in [2.75, 3.05) is 18.4 Å². The first-order chi connectivity index (χ1) is 8.43. The number of hydrogen-bond donors (Lipinski definition) is 2. The fourth-order valence-corrected chi connectivity index (χ4v) is 3.02. The SMILES string of the molecule is c1csc(-c2ccccc2NC2CCNC2)c1. The van der Waals surface area contributed by atoms with Crippen molar-refractivity contribution in [1.29, 1.82) is 0 Å². The van der Waals surface area contributed by atoms with Crippen LogP contribution in [0.5, 0.6) is 0 Å². The Morgan fingerprint density at radius 3 is 2.88 bits per heavy atom. The van der Waals surface area contributed by atoms with Gasteiger partial charge in [0.15, 0.2) is 0 Å². The Hall–Kier alpha value is -1.32. The summed E-state index contributed by atoms with van der Waals surface area (Å²) in [5.41, 5.74) is 2.57. The predicted octanol–water partition coefficient (Wildman–Crippen LogP) is 3.19. The molecule has 1 aromatic heterocycles. The standard InChI is InChI=1S/C14H16N2S/c1-2-5-13(16-11-7-8-15-10-11)12(4-1)14-6-3-9-17-14/h1-6,9,11,15-16H,7-8,10H2. The van der Waals surface area contributed by atoms with Crippen molar-refractivity contribution < 1.29 is 0 Å². The zero-order valence-electron chi connectivity index (χ0n) is 9.65. The first-order valence-corrected chi connectivity index (χ1v) is 6.91. The van der Waals surface area contributed by atoms with E-state index in [1.165, 1.54) is 22.5 Å². The fraction of sp³-hybridized carbons (Fsp3) is 0.286. The number of hydrogen-bond acceptors (Lipinski definition) is 3. The minimum absolute atomic E-state index is 0.566. The first kappa shape index (κ1) is 10.8. The minimum atomic E-state index is 0.566. The van der Waals surface area contributed by atoms with Crippen LogP contribution in [-0.4, -0.2) is 19.1 Å². The van der Waals surface area contributed by atoms with Gasteiger partial charge in [-0.05, 0) is 30.5 Å². The molecule has 0 amide bonds. The molecule has 1 fully saturated rings. The Bertz CT molecular complexity index is 473. The molecule has 0 spiro atoms. The van der Waals surface area contributed by atoms with Gasteiger partial charge in [-0.1, -0.05) is 24.3 Å². The average molecular weight is 244 g/mol. The number of nitrogens with one attached hydrogen (secondary N) is 2. The molecule has 0 bridgehead atoms. The van der Waals surface area contributed by atoms with Crippen molar-refractivity contribution in [3.63, 3.8) is 0 Å². The van der Waals surface area contributed by atoms with Gasteiger partial charge in [0.2, 0.25) is 0 Å². The number of para-hydroxylation sites is 1. The maximum atomic E-state index is 3.64. The number of benzene rings is 1. The molecule has 1 saturated heterocycles. The van der Waals surface area contributed by atoms with Gasteiger partial charge in [-0.3, -0.25) is 0 Å². The zero-order valence-corrected chi connectivity index (χ0v) is 10.5. The van der Waals surface area contributed by atoms with E-state index in [9.17, 15) is 0 Å². The van der Waals surface area contributed by atoms with Crippen molar-refractivity contribution in [3.05, 3.63) is 41.8 Å². The summed E-state index contributed by atoms with van der Waals surface area (Å²) in [6.07, 6.45) is 1.21. The summed E-state index contributed by atoms with van der Waals surface area (Å²) in [5, 5.41) is 9.16. The molecule has 1 aliphatic heterocycles. The second-order valence-corrected chi connectivity index (χ2v) is 5.30. The summed E-state index contributed by atoms with van der Waals surface area (Å²) in [5.74, 6) is 0. The van der Waals surface area contributed by atoms with Gasteiger partial charge in [-0.15, -0.1) is 11.3 Å². The highest BCUT2D eigenvalue weighted by Crippen LogP contribution is 2.31. The van der Waals surface area contributed by atoms with Crippen molar-refractivity contribution in [1.82, 2.24) is 5.32 Å². The van der Waals surface area contributed by atoms with Crippen molar-refractivity contribution in [2.24, 2.45) is 0 Å². The van der Waals surface area contributed by atoms with Gasteiger partial charge in [0.05, 0.1) is 0 Å². The van der Waals surface area contributed by atoms with Gasteiger partial charge in [-0.2, -0.15) is 0 Å². The van der Waals surface area contributed by atoms with E-state index in [1.54, 1.807) is 11.3 Å². The van der Waals surface area contributed by atoms with Gasteiger partial charge >= 0.3 is 0 Å². The molecule has 1 aromatic carbocycles. The Balaban J connectivity index is 1.88. The van der Waals surface area contributed by atoms with Crippen LogP contribution in [0.25, 0.3) is 10.4 Å². The van der Waals surface area contributed by atoms with Crippen LogP contribution in [0.1, 0.15) is 6.42 Å². The van der Waals surface area contributed by atoms with Crippen LogP contribution in [0.3, 0.4) is 0 Å². The van der Waals surface area contributed by atoms with E-state index >= 15 is 0 Å². The van der Waals surface area contributed by atoms with Gasteiger partial charge in [0.1, 0.15) is 0 Å². The lowest BCUT2D eigenvalue weighted by atomic mass is 10.1. The first-order valence-electron chi connectivity index (χ1n) is 6.03. The van der Waals surface area contributed by atoms with Crippen LogP contribution >= 0.6 is 11.3 Å². The maximum Gasteiger partial charge on any atom is 0.0430 e. The molecule has 2 N–H and O–H groups in total. The Morgan fingerprint density at radius 1 is 1.18 bits per heavy atom. The van der Waals surface area contributed by atoms with Crippen LogP contribution in [0.4, 0.5) is 5.69 Å². The fourth-order valence-electron chi connectivity index (χ4n) is 2.25. The molecule has 17 heavy (non-hydrogen) atoms. The summed E-state index contributed by atoms with van der Waals surface area (Å²) in [6.45, 7) is 2.19. The van der Waals surface area contributed by atoms with E-state index < -0.39 is 0 Å². The Labute approximate surface area is 106 Å². The number of thiophene rings is 1. The molecule has 0 saturated carbocycles. The predicted molar refractivity (Wildman–Crippen MR) is 74.7 cm³/mol. The Morgan fingerprint density at radius 2 is 2.12 bits per heavy atom. The lowest BCUT2D eigenvalue weighted by molar-refractivity contribution is 0.794. The van der Waals surface area contributed by atoms with Crippen molar-refractivity contribution in [3.8, 4) is 10.4 Å². The van der Waals surface area contributed by atoms with Crippen molar-refractivity contribution in [2.45, 2.75) is 12.5 Å². The third-order valence-electron chi connectivity index (χ3n) is 3.13. The molecular formula is C14H16N2S. The highest BCUT2D eigenvalue weighted by Gasteiger charge is 2.15. The van der Waals surface area contributed by atoms with E-state index in [0.717, 1.165) is 13.1 Å². The topological polar surface area (TPSA) is 24.1 Å². The molecule has 1 aliphatic rings. The van der Waals surface area contributed by atoms with E-state index in [1.807, 2.05) is 0 Å². The van der Waals surface area contributed by atoms with Crippen LogP contribution in [0.2, 0.25) is 0 Å². The molecule has 1 unspecified atom stereocenters. The molecule has 88 valence electrons. The van der Waals surface area contributed by atoms with Gasteiger partial charge in [0, 0.05) is 28.7 Å². The highest BCUT2D eigenvalue weighted by atomic mass is 32.1. The monoisotopic (exact) mass is 244 g/mol. The largest absolute Gasteiger partial charge is 0.380 e. The lowest BCUT2D eigenvalue weighted by Gasteiger charge is -2.15. The quantitative estimate of drug-likeness (QED) is 0.866. The zero-order chi connectivity index (χ0) is 11.5. The van der Waals surface area contributed by atoms with E-state index in [2.05, 4.69) is 52.4 Å². The lowest BCUT2D eigenvalue weighted by Crippen LogP contribution is -2.22. The molecule has 3 heteroatoms. The molecule has 0 aliphatic carbocycles. The molecule has 3 rings (SSSR count). The van der Waals surface area contributed by atoms with Crippen molar-refractivity contribution >= 4 is 17.0 Å². The van der Waals surface area contributed by atoms with Gasteiger partial charge in [0.25, 0.3) is 0 Å². The summed E-state index contributed by atoms with van der Waals surface area (Å²) < 4.78 is 0. The third kappa shape index (κ3) is 2.35. The normalized spacial score (nSPS) is 19.4. The number of rotatable bonds is 3. The van der Waals surface area contributed by atoms with E-state index in [-0.39, 0.29) is 0 Å². The second kappa shape index (κ2) is 4.90. The Kier molecular flexibility index (Phi) is 3.12. The second-order valence-electron chi connectivity index (χ2n) is 4.36. The maximum absolute atomic E-state index is 3.64. The summed E-state index contributed by atoms with van der Waals surface area (Å²) in [6, 6.07) is 13.4. The number of anilines is 1. The van der Waals surface area contributed by atoms with Gasteiger partial charge < -0.3 is 10.6 Å². The smallest absolute Gasteiger partial charge is 0.0430 e. The summed E-state index contributed by atoms with van der Waals surface area (Å²) >= 11 is 1.79. The third-order valence-corrected chi connectivity index (χ3v) is 4.04. The highest BCUT2D eigenvalue weighted by molar-refractivity contribution is 7.13. The molecular weight excluding hydrogens is 228 g/mol. The van der Waals surface area contributed by atoms with Crippen LogP contribution < -0.4 is 10.6 Å². The van der Waals surface area contributed by atoms with E-state index in [0.29, 0.717) is 6.04 Å². The summed E-state index contributed by atoms with van der Waals surface area (Å²) in [4.78, 5) is 1.33. The molecule has 0 radical (unpaired) electrons. The molecule has 1 atom stereocenters. The van der Waals surface area contributed by atoms with E-state index in [4.69, 9.17) is 0 Å². The molecule has 2 aromatic rings.